The fourth-order valence-electron chi connectivity index (χ4n) is 1.08. The van der Waals surface area contributed by atoms with E-state index in [9.17, 15) is 0 Å². The van der Waals surface area contributed by atoms with Crippen molar-refractivity contribution >= 4 is 17.4 Å². The average Bonchev–Trinajstić information content (AvgIpc) is 2.05. The Balaban J connectivity index is 3.10. The van der Waals surface area contributed by atoms with Crippen LogP contribution in [0, 0.1) is 0 Å². The summed E-state index contributed by atoms with van der Waals surface area (Å²) in [5, 5.41) is 0. The molecule has 0 bridgehead atoms. The third kappa shape index (κ3) is 1.69. The van der Waals surface area contributed by atoms with Gasteiger partial charge in [-0.2, -0.15) is 0 Å². The molecule has 1 aromatic carbocycles. The van der Waals surface area contributed by atoms with E-state index in [1.54, 1.807) is 11.8 Å². The Kier molecular flexibility index (Phi) is 2.83. The van der Waals surface area contributed by atoms with Crippen molar-refractivity contribution in [3.05, 3.63) is 23.8 Å². The van der Waals surface area contributed by atoms with Gasteiger partial charge in [-0.3, -0.25) is 0 Å². The van der Waals surface area contributed by atoms with E-state index in [0.29, 0.717) is 0 Å². The molecule has 0 atom stereocenters. The summed E-state index contributed by atoms with van der Waals surface area (Å²) in [5.41, 5.74) is 8.08. The SMILES string of the molecule is CCc1cccc(SC)c1N. The van der Waals surface area contributed by atoms with Crippen molar-refractivity contribution in [1.82, 2.24) is 0 Å². The molecule has 0 heterocycles. The van der Waals surface area contributed by atoms with E-state index in [1.165, 1.54) is 10.5 Å². The zero-order chi connectivity index (χ0) is 8.27. The van der Waals surface area contributed by atoms with Crippen molar-refractivity contribution in [1.29, 1.82) is 0 Å². The molecular weight excluding hydrogens is 154 g/mol. The van der Waals surface area contributed by atoms with Crippen molar-refractivity contribution in [2.75, 3.05) is 12.0 Å². The number of thioether (sulfide) groups is 1. The largest absolute Gasteiger partial charge is 0.398 e. The molecule has 60 valence electrons. The predicted molar refractivity (Wildman–Crippen MR) is 52.0 cm³/mol. The van der Waals surface area contributed by atoms with Gasteiger partial charge in [-0.25, -0.2) is 0 Å². The molecule has 0 saturated heterocycles. The van der Waals surface area contributed by atoms with Gasteiger partial charge in [0.2, 0.25) is 0 Å². The summed E-state index contributed by atoms with van der Waals surface area (Å²) in [5.74, 6) is 0. The van der Waals surface area contributed by atoms with Crippen molar-refractivity contribution in [2.45, 2.75) is 18.2 Å². The number of rotatable bonds is 2. The third-order valence-electron chi connectivity index (χ3n) is 1.76. The molecule has 2 heteroatoms. The number of aryl methyl sites for hydroxylation is 1. The normalized spacial score (nSPS) is 10.0. The highest BCUT2D eigenvalue weighted by atomic mass is 32.2. The molecule has 0 aliphatic carbocycles. The van der Waals surface area contributed by atoms with Gasteiger partial charge in [0.15, 0.2) is 0 Å². The second-order valence-corrected chi connectivity index (χ2v) is 3.23. The molecule has 11 heavy (non-hydrogen) atoms. The highest BCUT2D eigenvalue weighted by Gasteiger charge is 2.00. The maximum atomic E-state index is 5.88. The van der Waals surface area contributed by atoms with Gasteiger partial charge in [-0.1, -0.05) is 19.1 Å². The monoisotopic (exact) mass is 167 g/mol. The molecule has 0 fully saturated rings. The maximum Gasteiger partial charge on any atom is 0.0484 e. The lowest BCUT2D eigenvalue weighted by Crippen LogP contribution is -1.94. The summed E-state index contributed by atoms with van der Waals surface area (Å²) in [4.78, 5) is 1.18. The fraction of sp³-hybridized carbons (Fsp3) is 0.333. The van der Waals surface area contributed by atoms with Crippen LogP contribution in [0.4, 0.5) is 5.69 Å². The van der Waals surface area contributed by atoms with Crippen LogP contribution in [-0.4, -0.2) is 6.26 Å². The zero-order valence-corrected chi connectivity index (χ0v) is 7.74. The Labute approximate surface area is 72.0 Å². The number of anilines is 1. The van der Waals surface area contributed by atoms with Gasteiger partial charge >= 0.3 is 0 Å². The van der Waals surface area contributed by atoms with Crippen LogP contribution in [-0.2, 0) is 6.42 Å². The summed E-state index contributed by atoms with van der Waals surface area (Å²) in [7, 11) is 0. The molecule has 2 N–H and O–H groups in total. The van der Waals surface area contributed by atoms with Crippen LogP contribution in [0.2, 0.25) is 0 Å². The van der Waals surface area contributed by atoms with Crippen molar-refractivity contribution < 1.29 is 0 Å². The summed E-state index contributed by atoms with van der Waals surface area (Å²) >= 11 is 1.70. The van der Waals surface area contributed by atoms with Crippen LogP contribution in [0.15, 0.2) is 23.1 Å². The van der Waals surface area contributed by atoms with Crippen LogP contribution in [0.25, 0.3) is 0 Å². The molecule has 0 spiro atoms. The second-order valence-electron chi connectivity index (χ2n) is 2.39. The van der Waals surface area contributed by atoms with Gasteiger partial charge in [0.25, 0.3) is 0 Å². The van der Waals surface area contributed by atoms with Crippen LogP contribution >= 0.6 is 11.8 Å². The fourth-order valence-corrected chi connectivity index (χ4v) is 1.64. The zero-order valence-electron chi connectivity index (χ0n) is 6.92. The van der Waals surface area contributed by atoms with E-state index >= 15 is 0 Å². The molecule has 0 unspecified atom stereocenters. The molecule has 1 aromatic rings. The lowest BCUT2D eigenvalue weighted by atomic mass is 10.1. The molecule has 1 rings (SSSR count). The Hall–Kier alpha value is -0.630. The van der Waals surface area contributed by atoms with Gasteiger partial charge in [0.1, 0.15) is 0 Å². The smallest absolute Gasteiger partial charge is 0.0484 e. The first kappa shape index (κ1) is 8.47. The number of hydrogen-bond donors (Lipinski definition) is 1. The Morgan fingerprint density at radius 1 is 1.45 bits per heavy atom. The van der Waals surface area contributed by atoms with Crippen LogP contribution in [0.1, 0.15) is 12.5 Å². The van der Waals surface area contributed by atoms with Crippen LogP contribution < -0.4 is 5.73 Å². The number of nitrogen functional groups attached to an aromatic ring is 1. The van der Waals surface area contributed by atoms with E-state index in [-0.39, 0.29) is 0 Å². The second kappa shape index (κ2) is 3.67. The van der Waals surface area contributed by atoms with Crippen molar-refractivity contribution in [3.63, 3.8) is 0 Å². The van der Waals surface area contributed by atoms with E-state index in [0.717, 1.165) is 12.1 Å². The lowest BCUT2D eigenvalue weighted by molar-refractivity contribution is 1.13. The summed E-state index contributed by atoms with van der Waals surface area (Å²) in [6.45, 7) is 2.12. The first-order chi connectivity index (χ1) is 5.29. The van der Waals surface area contributed by atoms with Crippen LogP contribution in [0.5, 0.6) is 0 Å². The Morgan fingerprint density at radius 3 is 2.73 bits per heavy atom. The summed E-state index contributed by atoms with van der Waals surface area (Å²) in [6, 6.07) is 6.19. The molecule has 1 nitrogen and oxygen atoms in total. The predicted octanol–water partition coefficient (Wildman–Crippen LogP) is 2.55. The summed E-state index contributed by atoms with van der Waals surface area (Å²) in [6.07, 6.45) is 3.06. The highest BCUT2D eigenvalue weighted by Crippen LogP contribution is 2.25. The first-order valence-corrected chi connectivity index (χ1v) is 4.93. The standard InChI is InChI=1S/C9H13NS/c1-3-7-5-4-6-8(11-2)9(7)10/h4-6H,3,10H2,1-2H3. The minimum atomic E-state index is 0.947. The highest BCUT2D eigenvalue weighted by molar-refractivity contribution is 7.98. The van der Waals surface area contributed by atoms with Crippen molar-refractivity contribution in [3.8, 4) is 0 Å². The number of hydrogen-bond acceptors (Lipinski definition) is 2. The average molecular weight is 167 g/mol. The molecule has 0 saturated carbocycles. The van der Waals surface area contributed by atoms with Crippen molar-refractivity contribution in [2.24, 2.45) is 0 Å². The molecule has 0 aliphatic heterocycles. The minimum absolute atomic E-state index is 0.947. The quantitative estimate of drug-likeness (QED) is 0.541. The van der Waals surface area contributed by atoms with E-state index in [1.807, 2.05) is 6.26 Å². The Bertz CT molecular complexity index is 223. The topological polar surface area (TPSA) is 26.0 Å². The van der Waals surface area contributed by atoms with E-state index in [2.05, 4.69) is 25.1 Å². The van der Waals surface area contributed by atoms with Gasteiger partial charge in [-0.15, -0.1) is 11.8 Å². The van der Waals surface area contributed by atoms with Gasteiger partial charge in [0, 0.05) is 10.6 Å². The molecule has 0 amide bonds. The number of para-hydroxylation sites is 1. The number of benzene rings is 1. The van der Waals surface area contributed by atoms with Gasteiger partial charge in [0.05, 0.1) is 0 Å². The molecule has 0 aliphatic rings. The van der Waals surface area contributed by atoms with Crippen LogP contribution in [0.3, 0.4) is 0 Å². The summed E-state index contributed by atoms with van der Waals surface area (Å²) < 4.78 is 0. The van der Waals surface area contributed by atoms with E-state index < -0.39 is 0 Å². The Morgan fingerprint density at radius 2 is 2.18 bits per heavy atom. The van der Waals surface area contributed by atoms with E-state index in [4.69, 9.17) is 5.73 Å². The van der Waals surface area contributed by atoms with Gasteiger partial charge in [-0.05, 0) is 24.3 Å². The maximum absolute atomic E-state index is 5.88. The lowest BCUT2D eigenvalue weighted by Gasteiger charge is -2.06. The molecular formula is C9H13NS. The first-order valence-electron chi connectivity index (χ1n) is 3.71. The molecule has 0 radical (unpaired) electrons. The number of nitrogens with two attached hydrogens (primary N) is 1. The molecule has 0 aromatic heterocycles. The third-order valence-corrected chi connectivity index (χ3v) is 2.55. The minimum Gasteiger partial charge on any atom is -0.398 e. The van der Waals surface area contributed by atoms with Gasteiger partial charge < -0.3 is 5.73 Å².